The van der Waals surface area contributed by atoms with Gasteiger partial charge < -0.3 is 4.90 Å². The molecule has 0 atom stereocenters. The number of Topliss-reactive ketones (excluding diaryl/α,β-unsaturated/α-hetero) is 1. The second kappa shape index (κ2) is 4.56. The van der Waals surface area contributed by atoms with Gasteiger partial charge in [-0.2, -0.15) is 0 Å². The van der Waals surface area contributed by atoms with Crippen LogP contribution >= 0.6 is 0 Å². The Morgan fingerprint density at radius 1 is 1.33 bits per heavy atom. The fraction of sp³-hybridized carbons (Fsp3) is 0.182. The predicted octanol–water partition coefficient (Wildman–Crippen LogP) is 1.67. The largest absolute Gasteiger partial charge is 0.338 e. The summed E-state index contributed by atoms with van der Waals surface area (Å²) in [5.74, 6) is 0.0315. The van der Waals surface area contributed by atoms with E-state index in [0.717, 1.165) is 18.2 Å². The number of benzene rings is 1. The molecule has 0 N–H and O–H groups in total. The van der Waals surface area contributed by atoms with Crippen LogP contribution in [0.25, 0.3) is 0 Å². The van der Waals surface area contributed by atoms with Gasteiger partial charge in [-0.15, -0.1) is 0 Å². The number of ketones is 1. The first-order chi connectivity index (χ1) is 7.00. The minimum Gasteiger partial charge on any atom is -0.338 e. The van der Waals surface area contributed by atoms with Crippen LogP contribution in [0.2, 0.25) is 0 Å². The van der Waals surface area contributed by atoms with Gasteiger partial charge in [0.25, 0.3) is 0 Å². The van der Waals surface area contributed by atoms with Crippen molar-refractivity contribution in [3.63, 3.8) is 0 Å². The van der Waals surface area contributed by atoms with Crippen molar-refractivity contribution in [3.8, 4) is 12.0 Å². The Morgan fingerprint density at radius 3 is 2.60 bits per heavy atom. The Bertz CT molecular complexity index is 444. The number of halogens is 2. The fourth-order valence-electron chi connectivity index (χ4n) is 0.901. The summed E-state index contributed by atoms with van der Waals surface area (Å²) in [5.41, 5.74) is -0.343. The Labute approximate surface area is 86.5 Å². The van der Waals surface area contributed by atoms with Crippen LogP contribution < -0.4 is 0 Å². The zero-order chi connectivity index (χ0) is 11.4. The van der Waals surface area contributed by atoms with Gasteiger partial charge >= 0.3 is 0 Å². The molecule has 1 rings (SSSR count). The van der Waals surface area contributed by atoms with Crippen LogP contribution in [-0.2, 0) is 0 Å². The lowest BCUT2D eigenvalue weighted by atomic mass is 10.1. The summed E-state index contributed by atoms with van der Waals surface area (Å²) in [6.07, 6.45) is 0. The minimum absolute atomic E-state index is 0.343. The lowest BCUT2D eigenvalue weighted by Crippen LogP contribution is -2.05. The smallest absolute Gasteiger partial charge is 0.240 e. The average molecular weight is 209 g/mol. The molecule has 0 bridgehead atoms. The molecule has 0 heterocycles. The van der Waals surface area contributed by atoms with Gasteiger partial charge in [0.1, 0.15) is 11.6 Å². The van der Waals surface area contributed by atoms with Crippen LogP contribution in [-0.4, -0.2) is 24.8 Å². The highest BCUT2D eigenvalue weighted by atomic mass is 19.1. The molecular weight excluding hydrogens is 200 g/mol. The average Bonchev–Trinajstić information content (AvgIpc) is 2.18. The molecule has 1 aromatic rings. The maximum Gasteiger partial charge on any atom is 0.240 e. The predicted molar refractivity (Wildman–Crippen MR) is 52.2 cm³/mol. The topological polar surface area (TPSA) is 20.3 Å². The van der Waals surface area contributed by atoms with E-state index in [1.165, 1.54) is 4.90 Å². The number of rotatable bonds is 1. The van der Waals surface area contributed by atoms with Crippen molar-refractivity contribution in [3.05, 3.63) is 35.4 Å². The molecule has 2 nitrogen and oxygen atoms in total. The highest BCUT2D eigenvalue weighted by molar-refractivity contribution is 6.09. The molecule has 0 unspecified atom stereocenters. The standard InChI is InChI=1S/C11H9F2NO/c1-14(2)6-5-11(15)9-7-8(12)3-4-10(9)13/h3-4,7H,1-2H3. The zero-order valence-corrected chi connectivity index (χ0v) is 8.34. The van der Waals surface area contributed by atoms with Gasteiger partial charge in [0.15, 0.2) is 0 Å². The number of hydrogen-bond acceptors (Lipinski definition) is 2. The third-order valence-corrected chi connectivity index (χ3v) is 1.57. The summed E-state index contributed by atoms with van der Waals surface area (Å²) < 4.78 is 25.8. The van der Waals surface area contributed by atoms with Crippen molar-refractivity contribution in [2.24, 2.45) is 0 Å². The molecule has 4 heteroatoms. The third kappa shape index (κ3) is 3.06. The SMILES string of the molecule is CN(C)C#CC(=O)c1cc(F)ccc1F. The number of carbonyl (C=O) groups excluding carboxylic acids is 1. The van der Waals surface area contributed by atoms with Crippen LogP contribution in [0.3, 0.4) is 0 Å². The van der Waals surface area contributed by atoms with E-state index < -0.39 is 17.4 Å². The molecule has 0 aromatic heterocycles. The lowest BCUT2D eigenvalue weighted by Gasteiger charge is -1.99. The highest BCUT2D eigenvalue weighted by Crippen LogP contribution is 2.09. The first-order valence-electron chi connectivity index (χ1n) is 4.19. The normalized spacial score (nSPS) is 9.07. The second-order valence-corrected chi connectivity index (χ2v) is 3.08. The van der Waals surface area contributed by atoms with E-state index in [4.69, 9.17) is 0 Å². The Hall–Kier alpha value is -1.89. The third-order valence-electron chi connectivity index (χ3n) is 1.57. The van der Waals surface area contributed by atoms with E-state index in [1.54, 1.807) is 14.1 Å². The van der Waals surface area contributed by atoms with E-state index in [1.807, 2.05) is 0 Å². The number of nitrogens with zero attached hydrogens (tertiary/aromatic N) is 1. The monoisotopic (exact) mass is 209 g/mol. The molecule has 1 aromatic carbocycles. The van der Waals surface area contributed by atoms with Gasteiger partial charge in [0.2, 0.25) is 5.78 Å². The molecule has 0 aliphatic rings. The summed E-state index contributed by atoms with van der Waals surface area (Å²) in [6, 6.07) is 5.12. The minimum atomic E-state index is -0.769. The second-order valence-electron chi connectivity index (χ2n) is 3.08. The first-order valence-corrected chi connectivity index (χ1v) is 4.19. The summed E-state index contributed by atoms with van der Waals surface area (Å²) in [5, 5.41) is 0. The Kier molecular flexibility index (Phi) is 3.40. The molecular formula is C11H9F2NO. The van der Waals surface area contributed by atoms with Crippen LogP contribution in [0, 0.1) is 23.6 Å². The quantitative estimate of drug-likeness (QED) is 0.398. The molecule has 0 aliphatic heterocycles. The molecule has 0 fully saturated rings. The van der Waals surface area contributed by atoms with Crippen molar-refractivity contribution in [1.29, 1.82) is 0 Å². The molecule has 78 valence electrons. The molecule has 15 heavy (non-hydrogen) atoms. The van der Waals surface area contributed by atoms with Gasteiger partial charge in [-0.1, -0.05) is 0 Å². The van der Waals surface area contributed by atoms with Gasteiger partial charge in [0, 0.05) is 26.1 Å². The van der Waals surface area contributed by atoms with Gasteiger partial charge in [-0.05, 0) is 18.2 Å². The molecule has 0 radical (unpaired) electrons. The van der Waals surface area contributed by atoms with Crippen LogP contribution in [0.4, 0.5) is 8.78 Å². The first kappa shape index (κ1) is 11.2. The Balaban J connectivity index is 3.03. The van der Waals surface area contributed by atoms with Crippen molar-refractivity contribution >= 4 is 5.78 Å². The van der Waals surface area contributed by atoms with E-state index in [0.29, 0.717) is 0 Å². The van der Waals surface area contributed by atoms with Crippen molar-refractivity contribution in [2.75, 3.05) is 14.1 Å². The van der Waals surface area contributed by atoms with E-state index in [-0.39, 0.29) is 5.56 Å². The van der Waals surface area contributed by atoms with Crippen LogP contribution in [0.5, 0.6) is 0 Å². The van der Waals surface area contributed by atoms with Crippen molar-refractivity contribution in [2.45, 2.75) is 0 Å². The van der Waals surface area contributed by atoms with Gasteiger partial charge in [0.05, 0.1) is 5.56 Å². The van der Waals surface area contributed by atoms with Crippen LogP contribution in [0.15, 0.2) is 18.2 Å². The molecule has 0 spiro atoms. The fourth-order valence-corrected chi connectivity index (χ4v) is 0.901. The van der Waals surface area contributed by atoms with E-state index in [2.05, 4.69) is 12.0 Å². The maximum atomic E-state index is 13.1. The molecule has 0 aliphatic carbocycles. The lowest BCUT2D eigenvalue weighted by molar-refractivity contribution is 0.105. The summed E-state index contributed by atoms with van der Waals surface area (Å²) >= 11 is 0. The van der Waals surface area contributed by atoms with Gasteiger partial charge in [-0.25, -0.2) is 8.78 Å². The molecule has 0 saturated carbocycles. The maximum absolute atomic E-state index is 13.1. The summed E-state index contributed by atoms with van der Waals surface area (Å²) in [4.78, 5) is 12.8. The van der Waals surface area contributed by atoms with Crippen molar-refractivity contribution < 1.29 is 13.6 Å². The Morgan fingerprint density at radius 2 is 2.00 bits per heavy atom. The van der Waals surface area contributed by atoms with Crippen LogP contribution in [0.1, 0.15) is 10.4 Å². The summed E-state index contributed by atoms with van der Waals surface area (Å²) in [6.45, 7) is 0. The number of hydrogen-bond donors (Lipinski definition) is 0. The highest BCUT2D eigenvalue weighted by Gasteiger charge is 2.10. The summed E-state index contributed by atoms with van der Waals surface area (Å²) in [7, 11) is 3.28. The van der Waals surface area contributed by atoms with E-state index >= 15 is 0 Å². The van der Waals surface area contributed by atoms with Gasteiger partial charge in [-0.3, -0.25) is 4.79 Å². The van der Waals surface area contributed by atoms with Crippen molar-refractivity contribution in [1.82, 2.24) is 4.90 Å². The number of carbonyl (C=O) groups is 1. The van der Waals surface area contributed by atoms with E-state index in [9.17, 15) is 13.6 Å². The molecule has 0 saturated heterocycles. The molecule has 0 amide bonds. The zero-order valence-electron chi connectivity index (χ0n) is 8.34.